The van der Waals surface area contributed by atoms with Gasteiger partial charge in [-0.1, -0.05) is 26.3 Å². The van der Waals surface area contributed by atoms with E-state index in [4.69, 9.17) is 9.47 Å². The zero-order valence-electron chi connectivity index (χ0n) is 9.49. The van der Waals surface area contributed by atoms with Crippen LogP contribution in [-0.2, 0) is 19.1 Å². The maximum atomic E-state index is 11.5. The van der Waals surface area contributed by atoms with Crippen molar-refractivity contribution in [2.45, 2.75) is 39.9 Å². The van der Waals surface area contributed by atoms with Gasteiger partial charge < -0.3 is 9.47 Å². The number of carbonyl (C=O) groups excluding carboxylic acids is 2. The van der Waals surface area contributed by atoms with Crippen LogP contribution >= 0.6 is 0 Å². The number of rotatable bonds is 2. The molecule has 1 unspecified atom stereocenters. The molecule has 84 valence electrons. The highest BCUT2D eigenvalue weighted by Gasteiger charge is 2.38. The Balaban J connectivity index is 2.89. The van der Waals surface area contributed by atoms with E-state index in [1.165, 1.54) is 13.8 Å². The predicted molar refractivity (Wildman–Crippen MR) is 53.8 cm³/mol. The van der Waals surface area contributed by atoms with Crippen LogP contribution in [0.2, 0.25) is 0 Å². The fourth-order valence-electron chi connectivity index (χ4n) is 1.20. The summed E-state index contributed by atoms with van der Waals surface area (Å²) in [6.07, 6.45) is 2.45. The highest BCUT2D eigenvalue weighted by atomic mass is 16.7. The summed E-state index contributed by atoms with van der Waals surface area (Å²) in [4.78, 5) is 23.0. The van der Waals surface area contributed by atoms with Crippen molar-refractivity contribution in [3.63, 3.8) is 0 Å². The zero-order valence-corrected chi connectivity index (χ0v) is 9.49. The first-order chi connectivity index (χ1) is 6.85. The lowest BCUT2D eigenvalue weighted by Gasteiger charge is -2.30. The first-order valence-electron chi connectivity index (χ1n) is 5.04. The van der Waals surface area contributed by atoms with Gasteiger partial charge >= 0.3 is 11.9 Å². The van der Waals surface area contributed by atoms with Gasteiger partial charge in [0, 0.05) is 13.8 Å². The van der Waals surface area contributed by atoms with Crippen LogP contribution in [0.3, 0.4) is 0 Å². The lowest BCUT2D eigenvalue weighted by Crippen LogP contribution is -2.42. The van der Waals surface area contributed by atoms with Gasteiger partial charge in [-0.15, -0.1) is 0 Å². The van der Waals surface area contributed by atoms with Crippen LogP contribution in [-0.4, -0.2) is 17.7 Å². The van der Waals surface area contributed by atoms with Crippen molar-refractivity contribution in [2.24, 2.45) is 5.92 Å². The molecule has 0 spiro atoms. The predicted octanol–water partition coefficient (Wildman–Crippen LogP) is 1.79. The van der Waals surface area contributed by atoms with Crippen molar-refractivity contribution >= 4 is 11.9 Å². The summed E-state index contributed by atoms with van der Waals surface area (Å²) in [6, 6.07) is 0. The van der Waals surface area contributed by atoms with Gasteiger partial charge in [-0.2, -0.15) is 0 Å². The Morgan fingerprint density at radius 3 is 2.13 bits per heavy atom. The minimum absolute atomic E-state index is 0.00340. The highest BCUT2D eigenvalue weighted by molar-refractivity contribution is 6.15. The minimum Gasteiger partial charge on any atom is -0.419 e. The Bertz CT molecular complexity index is 293. The summed E-state index contributed by atoms with van der Waals surface area (Å²) in [7, 11) is 0. The molecule has 0 N–H and O–H groups in total. The standard InChI is InChI=1S/C11H16O4/c1-5-7(2)6-8-9(12)14-11(3,4)15-10(8)13/h6-7H,5H2,1-4H3. The molecule has 15 heavy (non-hydrogen) atoms. The third-order valence-electron chi connectivity index (χ3n) is 2.21. The normalized spacial score (nSPS) is 21.7. The molecule has 4 nitrogen and oxygen atoms in total. The smallest absolute Gasteiger partial charge is 0.348 e. The summed E-state index contributed by atoms with van der Waals surface area (Å²) < 4.78 is 9.90. The quantitative estimate of drug-likeness (QED) is 0.398. The summed E-state index contributed by atoms with van der Waals surface area (Å²) in [5, 5.41) is 0. The van der Waals surface area contributed by atoms with Crippen LogP contribution in [0, 0.1) is 5.92 Å². The van der Waals surface area contributed by atoms with Crippen molar-refractivity contribution in [2.75, 3.05) is 0 Å². The molecular formula is C11H16O4. The van der Waals surface area contributed by atoms with E-state index in [0.717, 1.165) is 6.42 Å². The average molecular weight is 212 g/mol. The van der Waals surface area contributed by atoms with E-state index in [1.54, 1.807) is 6.08 Å². The first-order valence-corrected chi connectivity index (χ1v) is 5.04. The van der Waals surface area contributed by atoms with E-state index >= 15 is 0 Å². The van der Waals surface area contributed by atoms with E-state index in [-0.39, 0.29) is 11.5 Å². The minimum atomic E-state index is -1.15. The Morgan fingerprint density at radius 1 is 1.27 bits per heavy atom. The SMILES string of the molecule is CCC(C)C=C1C(=O)OC(C)(C)OC1=O. The van der Waals surface area contributed by atoms with Gasteiger partial charge in [0.25, 0.3) is 5.79 Å². The number of hydrogen-bond acceptors (Lipinski definition) is 4. The molecule has 0 aliphatic carbocycles. The summed E-state index contributed by atoms with van der Waals surface area (Å²) in [5.74, 6) is -2.20. The van der Waals surface area contributed by atoms with Gasteiger partial charge in [-0.3, -0.25) is 0 Å². The molecule has 0 aromatic rings. The van der Waals surface area contributed by atoms with Crippen molar-refractivity contribution in [3.8, 4) is 0 Å². The second-order valence-electron chi connectivity index (χ2n) is 4.14. The lowest BCUT2D eigenvalue weighted by molar-refractivity contribution is -0.222. The first kappa shape index (κ1) is 11.8. The molecule has 0 aromatic heterocycles. The van der Waals surface area contributed by atoms with Crippen molar-refractivity contribution in [3.05, 3.63) is 11.6 Å². The largest absolute Gasteiger partial charge is 0.419 e. The van der Waals surface area contributed by atoms with E-state index in [1.807, 2.05) is 13.8 Å². The lowest BCUT2D eigenvalue weighted by atomic mass is 10.0. The topological polar surface area (TPSA) is 52.6 Å². The zero-order chi connectivity index (χ0) is 11.6. The van der Waals surface area contributed by atoms with Crippen molar-refractivity contribution in [1.82, 2.24) is 0 Å². The van der Waals surface area contributed by atoms with E-state index in [0.29, 0.717) is 0 Å². The molecule has 1 aliphatic rings. The molecule has 1 saturated heterocycles. The molecule has 0 aromatic carbocycles. The van der Waals surface area contributed by atoms with Gasteiger partial charge in [0.05, 0.1) is 0 Å². The Morgan fingerprint density at radius 2 is 1.73 bits per heavy atom. The van der Waals surface area contributed by atoms with Gasteiger partial charge in [-0.05, 0) is 5.92 Å². The van der Waals surface area contributed by atoms with Crippen LogP contribution in [0.15, 0.2) is 11.6 Å². The summed E-state index contributed by atoms with van der Waals surface area (Å²) >= 11 is 0. The molecule has 1 fully saturated rings. The fraction of sp³-hybridized carbons (Fsp3) is 0.636. The number of hydrogen-bond donors (Lipinski definition) is 0. The Hall–Kier alpha value is -1.32. The molecule has 1 aliphatic heterocycles. The molecule has 0 amide bonds. The Labute approximate surface area is 89.2 Å². The van der Waals surface area contributed by atoms with E-state index in [2.05, 4.69) is 0 Å². The molecule has 4 heteroatoms. The fourth-order valence-corrected chi connectivity index (χ4v) is 1.20. The maximum Gasteiger partial charge on any atom is 0.348 e. The van der Waals surface area contributed by atoms with Crippen LogP contribution in [0.5, 0.6) is 0 Å². The number of carbonyl (C=O) groups is 2. The number of cyclic esters (lactones) is 2. The van der Waals surface area contributed by atoms with E-state index in [9.17, 15) is 9.59 Å². The monoisotopic (exact) mass is 212 g/mol. The molecule has 1 rings (SSSR count). The number of allylic oxidation sites excluding steroid dienone is 1. The van der Waals surface area contributed by atoms with Crippen LogP contribution < -0.4 is 0 Å². The van der Waals surface area contributed by atoms with Gasteiger partial charge in [0.15, 0.2) is 0 Å². The maximum absolute atomic E-state index is 11.5. The van der Waals surface area contributed by atoms with Crippen molar-refractivity contribution < 1.29 is 19.1 Å². The molecule has 1 heterocycles. The Kier molecular flexibility index (Phi) is 3.17. The van der Waals surface area contributed by atoms with Gasteiger partial charge in [0.1, 0.15) is 5.57 Å². The van der Waals surface area contributed by atoms with Crippen molar-refractivity contribution in [1.29, 1.82) is 0 Å². The molecular weight excluding hydrogens is 196 g/mol. The molecule has 0 bridgehead atoms. The third-order valence-corrected chi connectivity index (χ3v) is 2.21. The van der Waals surface area contributed by atoms with Crippen LogP contribution in [0.4, 0.5) is 0 Å². The summed E-state index contributed by atoms with van der Waals surface area (Å²) in [5.41, 5.74) is 0.00340. The van der Waals surface area contributed by atoms with Gasteiger partial charge in [0.2, 0.25) is 0 Å². The molecule has 0 saturated carbocycles. The molecule has 1 atom stereocenters. The molecule has 0 radical (unpaired) electrons. The number of esters is 2. The van der Waals surface area contributed by atoms with E-state index < -0.39 is 17.7 Å². The number of ether oxygens (including phenoxy) is 2. The average Bonchev–Trinajstić information content (AvgIpc) is 2.09. The van der Waals surface area contributed by atoms with Crippen LogP contribution in [0.25, 0.3) is 0 Å². The van der Waals surface area contributed by atoms with Crippen LogP contribution in [0.1, 0.15) is 34.1 Å². The highest BCUT2D eigenvalue weighted by Crippen LogP contribution is 2.23. The third kappa shape index (κ3) is 2.81. The second-order valence-corrected chi connectivity index (χ2v) is 4.14. The second kappa shape index (κ2) is 4.04. The van der Waals surface area contributed by atoms with Gasteiger partial charge in [-0.25, -0.2) is 9.59 Å². The summed E-state index contributed by atoms with van der Waals surface area (Å²) in [6.45, 7) is 6.96.